The number of carbonyl (C=O) groups excluding carboxylic acids is 1. The van der Waals surface area contributed by atoms with E-state index in [9.17, 15) is 4.79 Å². The monoisotopic (exact) mass is 218 g/mol. The van der Waals surface area contributed by atoms with E-state index in [2.05, 4.69) is 5.32 Å². The van der Waals surface area contributed by atoms with Crippen LogP contribution in [0.1, 0.15) is 0 Å². The molecule has 0 aliphatic rings. The quantitative estimate of drug-likeness (QED) is 0.564. The maximum absolute atomic E-state index is 11.4. The molecule has 1 amide bonds. The SMILES string of the molecule is CN(CC(=O)NCC#N)c1ccccc1N. The molecule has 5 heteroatoms. The minimum atomic E-state index is -0.202. The summed E-state index contributed by atoms with van der Waals surface area (Å²) in [5.74, 6) is -0.202. The van der Waals surface area contributed by atoms with Gasteiger partial charge in [-0.1, -0.05) is 12.1 Å². The van der Waals surface area contributed by atoms with Crippen LogP contribution in [0.2, 0.25) is 0 Å². The number of anilines is 2. The Bertz CT molecular complexity index is 411. The molecule has 0 aromatic heterocycles. The van der Waals surface area contributed by atoms with Gasteiger partial charge < -0.3 is 16.0 Å². The van der Waals surface area contributed by atoms with Gasteiger partial charge in [0.05, 0.1) is 24.0 Å². The van der Waals surface area contributed by atoms with Crippen LogP contribution in [0.3, 0.4) is 0 Å². The van der Waals surface area contributed by atoms with Gasteiger partial charge in [-0.15, -0.1) is 0 Å². The van der Waals surface area contributed by atoms with Crippen LogP contribution < -0.4 is 16.0 Å². The number of likely N-dealkylation sites (N-methyl/N-ethyl adjacent to an activating group) is 1. The van der Waals surface area contributed by atoms with Crippen LogP contribution in [-0.4, -0.2) is 26.0 Å². The molecule has 1 aromatic carbocycles. The zero-order valence-corrected chi connectivity index (χ0v) is 9.10. The number of amides is 1. The number of rotatable bonds is 4. The third-order valence-electron chi connectivity index (χ3n) is 2.09. The molecule has 0 unspecified atom stereocenters. The van der Waals surface area contributed by atoms with E-state index in [0.29, 0.717) is 5.69 Å². The van der Waals surface area contributed by atoms with Gasteiger partial charge >= 0.3 is 0 Å². The van der Waals surface area contributed by atoms with Gasteiger partial charge in [0, 0.05) is 7.05 Å². The summed E-state index contributed by atoms with van der Waals surface area (Å²) >= 11 is 0. The summed E-state index contributed by atoms with van der Waals surface area (Å²) in [5.41, 5.74) is 7.20. The highest BCUT2D eigenvalue weighted by Gasteiger charge is 2.08. The average molecular weight is 218 g/mol. The van der Waals surface area contributed by atoms with Crippen molar-refractivity contribution in [2.45, 2.75) is 0 Å². The lowest BCUT2D eigenvalue weighted by Gasteiger charge is -2.19. The molecule has 0 aliphatic carbocycles. The van der Waals surface area contributed by atoms with Crippen LogP contribution in [0.15, 0.2) is 24.3 Å². The Morgan fingerprint density at radius 3 is 2.88 bits per heavy atom. The van der Waals surface area contributed by atoms with E-state index >= 15 is 0 Å². The van der Waals surface area contributed by atoms with Crippen LogP contribution in [0.25, 0.3) is 0 Å². The van der Waals surface area contributed by atoms with Gasteiger partial charge in [0.15, 0.2) is 0 Å². The Labute approximate surface area is 94.5 Å². The summed E-state index contributed by atoms with van der Waals surface area (Å²) in [5, 5.41) is 10.8. The van der Waals surface area contributed by atoms with Crippen LogP contribution in [0.5, 0.6) is 0 Å². The van der Waals surface area contributed by atoms with Crippen LogP contribution in [0, 0.1) is 11.3 Å². The minimum Gasteiger partial charge on any atom is -0.397 e. The first-order valence-corrected chi connectivity index (χ1v) is 4.84. The molecule has 0 aliphatic heterocycles. The first kappa shape index (κ1) is 11.9. The van der Waals surface area contributed by atoms with E-state index in [1.54, 1.807) is 18.0 Å². The number of benzene rings is 1. The summed E-state index contributed by atoms with van der Waals surface area (Å²) in [6, 6.07) is 9.16. The number of hydrogen-bond acceptors (Lipinski definition) is 4. The van der Waals surface area contributed by atoms with Crippen molar-refractivity contribution >= 4 is 17.3 Å². The van der Waals surface area contributed by atoms with E-state index in [1.165, 1.54) is 0 Å². The number of carbonyl (C=O) groups is 1. The molecule has 84 valence electrons. The Balaban J connectivity index is 2.59. The largest absolute Gasteiger partial charge is 0.397 e. The van der Waals surface area contributed by atoms with Gasteiger partial charge in [0.1, 0.15) is 6.54 Å². The van der Waals surface area contributed by atoms with Gasteiger partial charge in [0.25, 0.3) is 0 Å². The molecular formula is C11H14N4O. The van der Waals surface area contributed by atoms with Crippen LogP contribution >= 0.6 is 0 Å². The van der Waals surface area contributed by atoms with Crippen LogP contribution in [-0.2, 0) is 4.79 Å². The lowest BCUT2D eigenvalue weighted by atomic mass is 10.2. The van der Waals surface area contributed by atoms with Crippen molar-refractivity contribution in [3.8, 4) is 6.07 Å². The molecule has 0 spiro atoms. The van der Waals surface area contributed by atoms with Crippen molar-refractivity contribution in [3.63, 3.8) is 0 Å². The number of para-hydroxylation sites is 2. The van der Waals surface area contributed by atoms with Gasteiger partial charge in [-0.05, 0) is 12.1 Å². The molecule has 1 rings (SSSR count). The molecule has 0 saturated heterocycles. The number of hydrogen-bond donors (Lipinski definition) is 2. The summed E-state index contributed by atoms with van der Waals surface area (Å²) in [4.78, 5) is 13.1. The lowest BCUT2D eigenvalue weighted by Crippen LogP contribution is -2.35. The third-order valence-corrected chi connectivity index (χ3v) is 2.09. The van der Waals surface area contributed by atoms with Crippen molar-refractivity contribution in [2.75, 3.05) is 30.8 Å². The fourth-order valence-corrected chi connectivity index (χ4v) is 1.33. The van der Waals surface area contributed by atoms with Gasteiger partial charge in [-0.3, -0.25) is 4.79 Å². The Kier molecular flexibility index (Phi) is 4.16. The van der Waals surface area contributed by atoms with Gasteiger partial charge in [-0.2, -0.15) is 5.26 Å². The summed E-state index contributed by atoms with van der Waals surface area (Å²) in [7, 11) is 1.78. The molecule has 1 aromatic rings. The van der Waals surface area contributed by atoms with Crippen molar-refractivity contribution in [2.24, 2.45) is 0 Å². The number of nitrogens with two attached hydrogens (primary N) is 1. The molecule has 0 heterocycles. The van der Waals surface area contributed by atoms with Gasteiger partial charge in [0.2, 0.25) is 5.91 Å². The van der Waals surface area contributed by atoms with Crippen molar-refractivity contribution < 1.29 is 4.79 Å². The Morgan fingerprint density at radius 1 is 1.56 bits per heavy atom. The van der Waals surface area contributed by atoms with E-state index in [0.717, 1.165) is 5.69 Å². The fraction of sp³-hybridized carbons (Fsp3) is 0.273. The highest BCUT2D eigenvalue weighted by molar-refractivity contribution is 5.83. The zero-order valence-electron chi connectivity index (χ0n) is 9.10. The number of nitrogens with zero attached hydrogens (tertiary/aromatic N) is 2. The number of nitrogens with one attached hydrogen (secondary N) is 1. The van der Waals surface area contributed by atoms with Crippen molar-refractivity contribution in [3.05, 3.63) is 24.3 Å². The first-order chi connectivity index (χ1) is 7.65. The molecule has 0 atom stereocenters. The second-order valence-corrected chi connectivity index (χ2v) is 3.35. The molecular weight excluding hydrogens is 204 g/mol. The Morgan fingerprint density at radius 2 is 2.25 bits per heavy atom. The summed E-state index contributed by atoms with van der Waals surface area (Å²) < 4.78 is 0. The molecule has 3 N–H and O–H groups in total. The highest BCUT2D eigenvalue weighted by Crippen LogP contribution is 2.20. The predicted molar refractivity (Wildman–Crippen MR) is 62.7 cm³/mol. The maximum Gasteiger partial charge on any atom is 0.240 e. The Hall–Kier alpha value is -2.22. The maximum atomic E-state index is 11.4. The average Bonchev–Trinajstić information content (AvgIpc) is 2.26. The standard InChI is InChI=1S/C11H14N4O/c1-15(8-11(16)14-7-6-12)10-5-3-2-4-9(10)13/h2-5H,7-8,13H2,1H3,(H,14,16). The lowest BCUT2D eigenvalue weighted by molar-refractivity contribution is -0.119. The van der Waals surface area contributed by atoms with E-state index < -0.39 is 0 Å². The normalized spacial score (nSPS) is 9.25. The van der Waals surface area contributed by atoms with E-state index in [4.69, 9.17) is 11.0 Å². The number of nitrogen functional groups attached to an aromatic ring is 1. The van der Waals surface area contributed by atoms with Crippen LogP contribution in [0.4, 0.5) is 11.4 Å². The van der Waals surface area contributed by atoms with Crippen molar-refractivity contribution in [1.29, 1.82) is 5.26 Å². The number of nitriles is 1. The predicted octanol–water partition coefficient (Wildman–Crippen LogP) is 0.345. The smallest absolute Gasteiger partial charge is 0.240 e. The molecule has 0 radical (unpaired) electrons. The zero-order chi connectivity index (χ0) is 12.0. The topological polar surface area (TPSA) is 82.2 Å². The molecule has 0 saturated carbocycles. The summed E-state index contributed by atoms with van der Waals surface area (Å²) in [6.45, 7) is 0.201. The third kappa shape index (κ3) is 3.17. The molecule has 5 nitrogen and oxygen atoms in total. The summed E-state index contributed by atoms with van der Waals surface area (Å²) in [6.07, 6.45) is 0. The van der Waals surface area contributed by atoms with E-state index in [1.807, 2.05) is 24.3 Å². The second kappa shape index (κ2) is 5.61. The van der Waals surface area contributed by atoms with Crippen molar-refractivity contribution in [1.82, 2.24) is 5.32 Å². The minimum absolute atomic E-state index is 0.0247. The highest BCUT2D eigenvalue weighted by atomic mass is 16.2. The van der Waals surface area contributed by atoms with E-state index in [-0.39, 0.29) is 19.0 Å². The molecule has 16 heavy (non-hydrogen) atoms. The van der Waals surface area contributed by atoms with Gasteiger partial charge in [-0.25, -0.2) is 0 Å². The molecule has 0 bridgehead atoms. The fourth-order valence-electron chi connectivity index (χ4n) is 1.33. The second-order valence-electron chi connectivity index (χ2n) is 3.35. The molecule has 0 fully saturated rings. The first-order valence-electron chi connectivity index (χ1n) is 4.84.